The molecule has 1 heterocycles. The smallest absolute Gasteiger partial charge is 0.191 e. The molecule has 146 valence electrons. The highest BCUT2D eigenvalue weighted by Gasteiger charge is 2.13. The molecule has 1 aromatic rings. The Morgan fingerprint density at radius 1 is 1.28 bits per heavy atom. The van der Waals surface area contributed by atoms with E-state index in [1.807, 2.05) is 14.0 Å². The molecule has 1 rings (SSSR count). The van der Waals surface area contributed by atoms with Gasteiger partial charge in [0.2, 0.25) is 0 Å². The molecule has 0 aliphatic carbocycles. The molecule has 6 nitrogen and oxygen atoms in total. The zero-order valence-electron chi connectivity index (χ0n) is 17.0. The van der Waals surface area contributed by atoms with Gasteiger partial charge in [-0.15, -0.1) is 24.0 Å². The van der Waals surface area contributed by atoms with Gasteiger partial charge in [0.1, 0.15) is 0 Å². The molecule has 0 spiro atoms. The molecule has 0 aliphatic rings. The molecule has 0 amide bonds. The number of guanidine groups is 1. The number of nitrogens with one attached hydrogen (secondary N) is 2. The average molecular weight is 464 g/mol. The first-order chi connectivity index (χ1) is 11.3. The maximum atomic E-state index is 4.49. The zero-order valence-corrected chi connectivity index (χ0v) is 19.3. The standard InChI is InChI=1S/C18H36N6.HI/c1-14(2)11-17(23(6)7)13-21-18(19-5)20-9-8-10-24-16(4)12-15(3)22-24;/h12,14,17H,8-11,13H2,1-7H3,(H2,19,20,21);1H. The van der Waals surface area contributed by atoms with E-state index < -0.39 is 0 Å². The highest BCUT2D eigenvalue weighted by atomic mass is 127. The number of nitrogens with zero attached hydrogens (tertiary/aromatic N) is 4. The second kappa shape index (κ2) is 12.5. The lowest BCUT2D eigenvalue weighted by molar-refractivity contribution is 0.254. The number of aliphatic imine (C=N–C) groups is 1. The summed E-state index contributed by atoms with van der Waals surface area (Å²) in [6.45, 7) is 11.4. The lowest BCUT2D eigenvalue weighted by Gasteiger charge is -2.27. The lowest BCUT2D eigenvalue weighted by Crippen LogP contribution is -2.45. The van der Waals surface area contributed by atoms with Gasteiger partial charge in [-0.05, 0) is 52.8 Å². The number of aryl methyl sites for hydroxylation is 3. The molecule has 0 saturated carbocycles. The molecule has 0 bridgehead atoms. The highest BCUT2D eigenvalue weighted by Crippen LogP contribution is 2.08. The Morgan fingerprint density at radius 2 is 1.96 bits per heavy atom. The van der Waals surface area contributed by atoms with Crippen molar-refractivity contribution in [2.45, 2.75) is 53.1 Å². The minimum Gasteiger partial charge on any atom is -0.356 e. The van der Waals surface area contributed by atoms with Gasteiger partial charge in [0.25, 0.3) is 0 Å². The van der Waals surface area contributed by atoms with Crippen LogP contribution in [-0.4, -0.2) is 60.9 Å². The van der Waals surface area contributed by atoms with E-state index in [9.17, 15) is 0 Å². The van der Waals surface area contributed by atoms with Gasteiger partial charge < -0.3 is 15.5 Å². The molecule has 0 saturated heterocycles. The van der Waals surface area contributed by atoms with Gasteiger partial charge in [-0.1, -0.05) is 13.8 Å². The Labute approximate surface area is 170 Å². The van der Waals surface area contributed by atoms with Crippen LogP contribution in [0.3, 0.4) is 0 Å². The fourth-order valence-corrected chi connectivity index (χ4v) is 2.79. The van der Waals surface area contributed by atoms with Gasteiger partial charge in [-0.25, -0.2) is 0 Å². The number of halogens is 1. The summed E-state index contributed by atoms with van der Waals surface area (Å²) in [7, 11) is 6.10. The number of rotatable bonds is 9. The van der Waals surface area contributed by atoms with Crippen LogP contribution < -0.4 is 10.6 Å². The molecular formula is C18H37IN6. The van der Waals surface area contributed by atoms with E-state index in [0.29, 0.717) is 12.0 Å². The second-order valence-electron chi connectivity index (χ2n) is 7.13. The summed E-state index contributed by atoms with van der Waals surface area (Å²) in [6.07, 6.45) is 2.20. The van der Waals surface area contributed by atoms with Crippen LogP contribution in [0.25, 0.3) is 0 Å². The maximum absolute atomic E-state index is 4.49. The van der Waals surface area contributed by atoms with Gasteiger partial charge in [0.15, 0.2) is 5.96 Å². The SMILES string of the molecule is CN=C(NCCCn1nc(C)cc1C)NCC(CC(C)C)N(C)C.I. The Hall–Kier alpha value is -0.830. The monoisotopic (exact) mass is 464 g/mol. The van der Waals surface area contributed by atoms with Crippen LogP contribution in [0.5, 0.6) is 0 Å². The Morgan fingerprint density at radius 3 is 2.44 bits per heavy atom. The van der Waals surface area contributed by atoms with E-state index in [0.717, 1.165) is 37.7 Å². The zero-order chi connectivity index (χ0) is 18.1. The minimum absolute atomic E-state index is 0. The molecule has 25 heavy (non-hydrogen) atoms. The van der Waals surface area contributed by atoms with E-state index in [1.54, 1.807) is 0 Å². The van der Waals surface area contributed by atoms with Gasteiger partial charge in [-0.2, -0.15) is 5.10 Å². The first-order valence-corrected chi connectivity index (χ1v) is 8.95. The van der Waals surface area contributed by atoms with Gasteiger partial charge in [0.05, 0.1) is 5.69 Å². The van der Waals surface area contributed by atoms with Crippen molar-refractivity contribution in [2.24, 2.45) is 10.9 Å². The maximum Gasteiger partial charge on any atom is 0.191 e. The molecule has 0 radical (unpaired) electrons. The molecule has 1 aromatic heterocycles. The van der Waals surface area contributed by atoms with Crippen molar-refractivity contribution in [1.82, 2.24) is 25.3 Å². The van der Waals surface area contributed by atoms with Crippen LogP contribution >= 0.6 is 24.0 Å². The molecule has 0 aromatic carbocycles. The summed E-state index contributed by atoms with van der Waals surface area (Å²) >= 11 is 0. The van der Waals surface area contributed by atoms with Crippen LogP contribution in [0.15, 0.2) is 11.1 Å². The Bertz CT molecular complexity index is 510. The van der Waals surface area contributed by atoms with E-state index >= 15 is 0 Å². The van der Waals surface area contributed by atoms with E-state index in [4.69, 9.17) is 0 Å². The molecule has 0 fully saturated rings. The molecule has 0 aliphatic heterocycles. The van der Waals surface area contributed by atoms with Crippen molar-refractivity contribution in [3.05, 3.63) is 17.5 Å². The highest BCUT2D eigenvalue weighted by molar-refractivity contribution is 14.0. The molecule has 1 unspecified atom stereocenters. The van der Waals surface area contributed by atoms with Crippen molar-refractivity contribution >= 4 is 29.9 Å². The number of hydrogen-bond donors (Lipinski definition) is 2. The first kappa shape index (κ1) is 24.2. The normalized spacial score (nSPS) is 13.1. The summed E-state index contributed by atoms with van der Waals surface area (Å²) in [4.78, 5) is 6.60. The van der Waals surface area contributed by atoms with Gasteiger partial charge >= 0.3 is 0 Å². The summed E-state index contributed by atoms with van der Waals surface area (Å²) < 4.78 is 2.07. The quantitative estimate of drug-likeness (QED) is 0.255. The molecule has 1 atom stereocenters. The van der Waals surface area contributed by atoms with Crippen molar-refractivity contribution < 1.29 is 0 Å². The van der Waals surface area contributed by atoms with E-state index in [1.165, 1.54) is 12.1 Å². The Balaban J connectivity index is 0.00000576. The fourth-order valence-electron chi connectivity index (χ4n) is 2.79. The fraction of sp³-hybridized carbons (Fsp3) is 0.778. The largest absolute Gasteiger partial charge is 0.356 e. The summed E-state index contributed by atoms with van der Waals surface area (Å²) in [5, 5.41) is 11.3. The number of hydrogen-bond acceptors (Lipinski definition) is 3. The van der Waals surface area contributed by atoms with Gasteiger partial charge in [0, 0.05) is 38.4 Å². The van der Waals surface area contributed by atoms with Crippen LogP contribution in [0.2, 0.25) is 0 Å². The molecule has 7 heteroatoms. The third kappa shape index (κ3) is 9.44. The van der Waals surface area contributed by atoms with Crippen LogP contribution in [0, 0.1) is 19.8 Å². The third-order valence-corrected chi connectivity index (χ3v) is 4.15. The predicted octanol–water partition coefficient (Wildman–Crippen LogP) is 2.65. The topological polar surface area (TPSA) is 57.5 Å². The summed E-state index contributed by atoms with van der Waals surface area (Å²) in [5.41, 5.74) is 2.30. The third-order valence-electron chi connectivity index (χ3n) is 4.15. The van der Waals surface area contributed by atoms with Crippen molar-refractivity contribution in [3.8, 4) is 0 Å². The van der Waals surface area contributed by atoms with Crippen LogP contribution in [-0.2, 0) is 6.54 Å². The molecular weight excluding hydrogens is 427 g/mol. The van der Waals surface area contributed by atoms with Crippen molar-refractivity contribution in [3.63, 3.8) is 0 Å². The second-order valence-corrected chi connectivity index (χ2v) is 7.13. The van der Waals surface area contributed by atoms with Crippen LogP contribution in [0.1, 0.15) is 38.1 Å². The van der Waals surface area contributed by atoms with Gasteiger partial charge in [-0.3, -0.25) is 9.67 Å². The number of aromatic nitrogens is 2. The summed E-state index contributed by atoms with van der Waals surface area (Å²) in [5.74, 6) is 1.56. The van der Waals surface area contributed by atoms with E-state index in [2.05, 4.69) is 71.2 Å². The molecule has 2 N–H and O–H groups in total. The Kier molecular flexibility index (Phi) is 12.1. The average Bonchev–Trinajstić information content (AvgIpc) is 2.82. The number of likely N-dealkylation sites (N-methyl/N-ethyl adjacent to an activating group) is 1. The van der Waals surface area contributed by atoms with Crippen molar-refractivity contribution in [2.75, 3.05) is 34.2 Å². The van der Waals surface area contributed by atoms with Crippen LogP contribution in [0.4, 0.5) is 0 Å². The lowest BCUT2D eigenvalue weighted by atomic mass is 10.0. The predicted molar refractivity (Wildman–Crippen MR) is 118 cm³/mol. The van der Waals surface area contributed by atoms with Crippen molar-refractivity contribution in [1.29, 1.82) is 0 Å². The minimum atomic E-state index is 0. The first-order valence-electron chi connectivity index (χ1n) is 8.95. The summed E-state index contributed by atoms with van der Waals surface area (Å²) in [6, 6.07) is 2.63. The van der Waals surface area contributed by atoms with E-state index in [-0.39, 0.29) is 24.0 Å².